The number of carbonyl (C=O) groups is 2. The third kappa shape index (κ3) is 10.1. The van der Waals surface area contributed by atoms with E-state index in [4.69, 9.17) is 9.47 Å². The first-order valence-electron chi connectivity index (χ1n) is 13.4. The number of amides is 1. The van der Waals surface area contributed by atoms with Crippen molar-refractivity contribution < 1.29 is 37.3 Å². The second-order valence-corrected chi connectivity index (χ2v) is 11.6. The first-order chi connectivity index (χ1) is 19.0. The number of nitrogens with one attached hydrogen (secondary N) is 1. The number of ether oxygens (including phenoxy) is 3. The third-order valence-corrected chi connectivity index (χ3v) is 8.57. The predicted molar refractivity (Wildman–Crippen MR) is 151 cm³/mol. The van der Waals surface area contributed by atoms with Gasteiger partial charge in [-0.25, -0.2) is 13.2 Å². The Bertz CT molecular complexity index is 1170. The van der Waals surface area contributed by atoms with Crippen LogP contribution in [0.4, 0.5) is 4.79 Å². The summed E-state index contributed by atoms with van der Waals surface area (Å²) in [6, 6.07) is 14.5. The molecule has 1 amide bonds. The van der Waals surface area contributed by atoms with Crippen molar-refractivity contribution in [1.82, 2.24) is 9.62 Å². The molecule has 0 aliphatic heterocycles. The number of rotatable bonds is 16. The summed E-state index contributed by atoms with van der Waals surface area (Å²) in [5.41, 5.74) is 0.830. The van der Waals surface area contributed by atoms with Crippen LogP contribution >= 0.6 is 0 Å². The number of aliphatic hydroxyl groups is 1. The van der Waals surface area contributed by atoms with Crippen LogP contribution in [0.25, 0.3) is 0 Å². The molecular weight excluding hydrogens is 536 g/mol. The van der Waals surface area contributed by atoms with Gasteiger partial charge in [0, 0.05) is 19.2 Å². The Morgan fingerprint density at radius 2 is 1.68 bits per heavy atom. The van der Waals surface area contributed by atoms with Gasteiger partial charge in [-0.15, -0.1) is 0 Å². The average molecular weight is 579 g/mol. The molecule has 0 spiro atoms. The van der Waals surface area contributed by atoms with Crippen LogP contribution < -0.4 is 10.1 Å². The molecule has 222 valence electrons. The van der Waals surface area contributed by atoms with Crippen molar-refractivity contribution in [3.05, 3.63) is 60.2 Å². The zero-order valence-electron chi connectivity index (χ0n) is 23.9. The predicted octanol–water partition coefficient (Wildman–Crippen LogP) is 3.77. The van der Waals surface area contributed by atoms with E-state index in [0.29, 0.717) is 5.75 Å². The minimum Gasteiger partial charge on any atom is -0.497 e. The van der Waals surface area contributed by atoms with Gasteiger partial charge in [-0.1, -0.05) is 63.1 Å². The first-order valence-corrected chi connectivity index (χ1v) is 14.9. The molecule has 2 rings (SSSR count). The second kappa shape index (κ2) is 16.2. The number of nitrogens with zero attached hydrogens (tertiary/aromatic N) is 1. The van der Waals surface area contributed by atoms with Gasteiger partial charge in [0.25, 0.3) is 0 Å². The van der Waals surface area contributed by atoms with Gasteiger partial charge in [-0.2, -0.15) is 4.31 Å². The van der Waals surface area contributed by atoms with Gasteiger partial charge in [0.05, 0.1) is 37.7 Å². The van der Waals surface area contributed by atoms with Gasteiger partial charge in [-0.05, 0) is 37.0 Å². The van der Waals surface area contributed by atoms with Gasteiger partial charge in [-0.3, -0.25) is 4.79 Å². The first kappa shape index (κ1) is 33.1. The lowest BCUT2D eigenvalue weighted by molar-refractivity contribution is -0.142. The Hall–Kier alpha value is -3.15. The molecule has 0 aromatic heterocycles. The quantitative estimate of drug-likeness (QED) is 0.288. The molecule has 0 aliphatic carbocycles. The summed E-state index contributed by atoms with van der Waals surface area (Å²) in [5.74, 6) is -0.0604. The van der Waals surface area contributed by atoms with Gasteiger partial charge in [0.15, 0.2) is 0 Å². The van der Waals surface area contributed by atoms with Crippen molar-refractivity contribution in [2.45, 2.75) is 69.6 Å². The molecule has 0 heterocycles. The van der Waals surface area contributed by atoms with E-state index in [9.17, 15) is 23.1 Å². The maximum absolute atomic E-state index is 13.8. The fourth-order valence-corrected chi connectivity index (χ4v) is 5.80. The van der Waals surface area contributed by atoms with Gasteiger partial charge in [0.2, 0.25) is 10.0 Å². The summed E-state index contributed by atoms with van der Waals surface area (Å²) in [7, 11) is -1.31. The highest BCUT2D eigenvalue weighted by Crippen LogP contribution is 2.24. The topological polar surface area (TPSA) is 131 Å². The number of sulfonamides is 1. The van der Waals surface area contributed by atoms with E-state index in [1.165, 1.54) is 30.7 Å². The summed E-state index contributed by atoms with van der Waals surface area (Å²) in [6.07, 6.45) is -1.27. The number of benzene rings is 2. The molecule has 3 atom stereocenters. The fraction of sp³-hybridized carbons (Fsp3) is 0.517. The van der Waals surface area contributed by atoms with E-state index in [1.54, 1.807) is 19.1 Å². The van der Waals surface area contributed by atoms with Crippen LogP contribution in [0.15, 0.2) is 59.5 Å². The number of esters is 1. The van der Waals surface area contributed by atoms with Crippen molar-refractivity contribution in [2.24, 2.45) is 5.92 Å². The molecule has 0 radical (unpaired) electrons. The van der Waals surface area contributed by atoms with Crippen molar-refractivity contribution >= 4 is 22.1 Å². The summed E-state index contributed by atoms with van der Waals surface area (Å²) in [4.78, 5) is 24.3. The number of hydrogen-bond acceptors (Lipinski definition) is 8. The van der Waals surface area contributed by atoms with E-state index in [1.807, 2.05) is 44.2 Å². The van der Waals surface area contributed by atoms with Crippen molar-refractivity contribution in [3.63, 3.8) is 0 Å². The maximum atomic E-state index is 13.8. The zero-order valence-corrected chi connectivity index (χ0v) is 24.7. The Morgan fingerprint density at radius 1 is 1.00 bits per heavy atom. The molecule has 0 saturated carbocycles. The summed E-state index contributed by atoms with van der Waals surface area (Å²) < 4.78 is 44.0. The zero-order chi connectivity index (χ0) is 29.7. The van der Waals surface area contributed by atoms with Crippen molar-refractivity contribution in [3.8, 4) is 5.75 Å². The third-order valence-electron chi connectivity index (χ3n) is 6.74. The highest BCUT2D eigenvalue weighted by atomic mass is 32.2. The Balaban J connectivity index is 2.34. The molecule has 0 aliphatic rings. The molecule has 2 N–H and O–H groups in total. The molecule has 0 unspecified atom stereocenters. The van der Waals surface area contributed by atoms with Crippen LogP contribution in [-0.4, -0.2) is 75.5 Å². The van der Waals surface area contributed by atoms with Crippen LogP contribution in [0.1, 0.15) is 45.6 Å². The fourth-order valence-electron chi connectivity index (χ4n) is 4.23. The number of hydrogen-bond donors (Lipinski definition) is 2. The normalized spacial score (nSPS) is 13.9. The standard InChI is InChI=1S/C29H42N2O8S/c1-6-22(7-2)19-31(40(35,36)25-15-11-14-24(18-25)37-4)20-27(32)26(17-23-12-9-8-10-13-23)30-29(34)39-21(3)16-28(33)38-5/h8-15,18,21-22,26-27,32H,6-7,16-17,19-20H2,1-5H3,(H,30,34)/t21-,26+,27-/m1/s1. The largest absolute Gasteiger partial charge is 0.497 e. The molecule has 2 aromatic rings. The van der Waals surface area contributed by atoms with E-state index in [2.05, 4.69) is 10.1 Å². The summed E-state index contributed by atoms with van der Waals surface area (Å²) >= 11 is 0. The summed E-state index contributed by atoms with van der Waals surface area (Å²) in [5, 5.41) is 14.1. The maximum Gasteiger partial charge on any atom is 0.407 e. The summed E-state index contributed by atoms with van der Waals surface area (Å²) in [6.45, 7) is 5.48. The number of carbonyl (C=O) groups excluding carboxylic acids is 2. The highest BCUT2D eigenvalue weighted by molar-refractivity contribution is 7.89. The van der Waals surface area contributed by atoms with Gasteiger partial charge in [0.1, 0.15) is 11.9 Å². The molecule has 11 heteroatoms. The number of alkyl carbamates (subject to hydrolysis) is 1. The van der Waals surface area contributed by atoms with E-state index in [-0.39, 0.29) is 36.7 Å². The van der Waals surface area contributed by atoms with Crippen LogP contribution in [0, 0.1) is 5.92 Å². The highest BCUT2D eigenvalue weighted by Gasteiger charge is 2.32. The molecule has 0 saturated heterocycles. The Morgan fingerprint density at radius 3 is 2.27 bits per heavy atom. The van der Waals surface area contributed by atoms with Gasteiger partial charge >= 0.3 is 12.1 Å². The minimum absolute atomic E-state index is 0.0496. The van der Waals surface area contributed by atoms with Crippen LogP contribution in [0.5, 0.6) is 5.75 Å². The van der Waals surface area contributed by atoms with Crippen LogP contribution in [0.2, 0.25) is 0 Å². The lowest BCUT2D eigenvalue weighted by Gasteiger charge is -2.31. The lowest BCUT2D eigenvalue weighted by atomic mass is 10.0. The van der Waals surface area contributed by atoms with E-state index >= 15 is 0 Å². The van der Waals surface area contributed by atoms with Gasteiger partial charge < -0.3 is 24.6 Å². The smallest absolute Gasteiger partial charge is 0.407 e. The SMILES string of the molecule is CCC(CC)CN(C[C@@H](O)[C@H](Cc1ccccc1)NC(=O)O[C@H](C)CC(=O)OC)S(=O)(=O)c1cccc(OC)c1. The Labute approximate surface area is 237 Å². The van der Waals surface area contributed by atoms with Crippen LogP contribution in [0.3, 0.4) is 0 Å². The van der Waals surface area contributed by atoms with Crippen LogP contribution in [-0.2, 0) is 30.7 Å². The monoisotopic (exact) mass is 578 g/mol. The van der Waals surface area contributed by atoms with Crippen molar-refractivity contribution in [1.29, 1.82) is 0 Å². The van der Waals surface area contributed by atoms with E-state index in [0.717, 1.165) is 18.4 Å². The molecule has 10 nitrogen and oxygen atoms in total. The molecular formula is C29H42N2O8S. The second-order valence-electron chi connectivity index (χ2n) is 9.69. The number of aliphatic hydroxyl groups excluding tert-OH is 1. The Kier molecular flexibility index (Phi) is 13.4. The number of methoxy groups -OCH3 is 2. The van der Waals surface area contributed by atoms with Crippen molar-refractivity contribution in [2.75, 3.05) is 27.3 Å². The molecule has 2 aromatic carbocycles. The minimum atomic E-state index is -4.02. The lowest BCUT2D eigenvalue weighted by Crippen LogP contribution is -2.51. The average Bonchev–Trinajstić information content (AvgIpc) is 2.94. The molecule has 0 fully saturated rings. The molecule has 40 heavy (non-hydrogen) atoms. The molecule has 0 bridgehead atoms. The van der Waals surface area contributed by atoms with E-state index < -0.39 is 40.3 Å².